The molecule has 0 aliphatic heterocycles. The van der Waals surface area contributed by atoms with Crippen LogP contribution in [0.1, 0.15) is 12.8 Å². The first kappa shape index (κ1) is 8.19. The Morgan fingerprint density at radius 3 is 2.75 bits per heavy atom. The summed E-state index contributed by atoms with van der Waals surface area (Å²) in [5, 5.41) is 12.0. The average molecular weight is 246 g/mol. The lowest BCUT2D eigenvalue weighted by Crippen LogP contribution is -2.14. The van der Waals surface area contributed by atoms with Gasteiger partial charge in [0.05, 0.1) is 0 Å². The van der Waals surface area contributed by atoms with Crippen molar-refractivity contribution in [3.63, 3.8) is 0 Å². The SMILES string of the molecule is Brc1nnc(NC2CC=CC2)s1. The zero-order valence-electron chi connectivity index (χ0n) is 6.33. The minimum absolute atomic E-state index is 0.518. The molecule has 1 aromatic rings. The molecule has 0 radical (unpaired) electrons. The molecule has 64 valence electrons. The van der Waals surface area contributed by atoms with E-state index in [0.29, 0.717) is 6.04 Å². The van der Waals surface area contributed by atoms with Gasteiger partial charge in [-0.3, -0.25) is 0 Å². The van der Waals surface area contributed by atoms with Crippen LogP contribution in [0.2, 0.25) is 0 Å². The summed E-state index contributed by atoms with van der Waals surface area (Å²) in [5.41, 5.74) is 0. The quantitative estimate of drug-likeness (QED) is 0.814. The van der Waals surface area contributed by atoms with Crippen molar-refractivity contribution in [1.82, 2.24) is 10.2 Å². The molecule has 0 fully saturated rings. The Kier molecular flexibility index (Phi) is 2.41. The lowest BCUT2D eigenvalue weighted by molar-refractivity contribution is 0.781. The van der Waals surface area contributed by atoms with Crippen molar-refractivity contribution in [3.8, 4) is 0 Å². The number of hydrogen-bond acceptors (Lipinski definition) is 4. The van der Waals surface area contributed by atoms with Crippen molar-refractivity contribution in [2.45, 2.75) is 18.9 Å². The van der Waals surface area contributed by atoms with Crippen LogP contribution >= 0.6 is 27.3 Å². The molecule has 1 aromatic heterocycles. The number of nitrogens with one attached hydrogen (secondary N) is 1. The van der Waals surface area contributed by atoms with Gasteiger partial charge in [0, 0.05) is 6.04 Å². The zero-order valence-corrected chi connectivity index (χ0v) is 8.73. The Labute approximate surface area is 83.0 Å². The summed E-state index contributed by atoms with van der Waals surface area (Å²) in [7, 11) is 0. The number of halogens is 1. The largest absolute Gasteiger partial charge is 0.357 e. The van der Waals surface area contributed by atoms with Gasteiger partial charge in [0.15, 0.2) is 3.92 Å². The molecule has 0 aromatic carbocycles. The fourth-order valence-corrected chi connectivity index (χ4v) is 2.26. The standard InChI is InChI=1S/C7H8BrN3S/c8-6-10-11-7(12-6)9-5-3-1-2-4-5/h1-2,5H,3-4H2,(H,9,11). The van der Waals surface area contributed by atoms with E-state index in [1.54, 1.807) is 0 Å². The van der Waals surface area contributed by atoms with Crippen molar-refractivity contribution in [2.24, 2.45) is 0 Å². The Bertz CT molecular complexity index is 289. The predicted octanol–water partition coefficient (Wildman–Crippen LogP) is 2.43. The van der Waals surface area contributed by atoms with Crippen molar-refractivity contribution in [1.29, 1.82) is 0 Å². The fourth-order valence-electron chi connectivity index (χ4n) is 1.17. The van der Waals surface area contributed by atoms with E-state index in [1.165, 1.54) is 11.3 Å². The summed E-state index contributed by atoms with van der Waals surface area (Å²) in [6.45, 7) is 0. The molecule has 5 heteroatoms. The summed E-state index contributed by atoms with van der Waals surface area (Å²) in [4.78, 5) is 0. The van der Waals surface area contributed by atoms with Gasteiger partial charge < -0.3 is 5.32 Å². The number of anilines is 1. The fraction of sp³-hybridized carbons (Fsp3) is 0.429. The van der Waals surface area contributed by atoms with Crippen LogP contribution in [0, 0.1) is 0 Å². The Morgan fingerprint density at radius 2 is 2.17 bits per heavy atom. The molecule has 1 aliphatic carbocycles. The Morgan fingerprint density at radius 1 is 1.42 bits per heavy atom. The van der Waals surface area contributed by atoms with Crippen LogP contribution < -0.4 is 5.32 Å². The maximum absolute atomic E-state index is 3.96. The highest BCUT2D eigenvalue weighted by atomic mass is 79.9. The summed E-state index contributed by atoms with van der Waals surface area (Å²) in [6.07, 6.45) is 6.57. The van der Waals surface area contributed by atoms with E-state index in [1.807, 2.05) is 0 Å². The molecule has 1 heterocycles. The molecule has 12 heavy (non-hydrogen) atoms. The van der Waals surface area contributed by atoms with Gasteiger partial charge in [-0.05, 0) is 28.8 Å². The molecule has 0 amide bonds. The van der Waals surface area contributed by atoms with Gasteiger partial charge in [-0.25, -0.2) is 0 Å². The van der Waals surface area contributed by atoms with Gasteiger partial charge in [-0.2, -0.15) is 0 Å². The first-order valence-corrected chi connectivity index (χ1v) is 5.36. The van der Waals surface area contributed by atoms with Gasteiger partial charge in [0.2, 0.25) is 5.13 Å². The normalized spacial score (nSPS) is 17.1. The minimum Gasteiger partial charge on any atom is -0.357 e. The highest BCUT2D eigenvalue weighted by Crippen LogP contribution is 2.23. The highest BCUT2D eigenvalue weighted by molar-refractivity contribution is 9.11. The summed E-state index contributed by atoms with van der Waals surface area (Å²) in [6, 6.07) is 0.518. The lowest BCUT2D eigenvalue weighted by Gasteiger charge is -2.08. The Hall–Kier alpha value is -0.420. The number of aromatic nitrogens is 2. The topological polar surface area (TPSA) is 37.8 Å². The van der Waals surface area contributed by atoms with E-state index in [4.69, 9.17) is 0 Å². The first-order chi connectivity index (χ1) is 5.84. The van der Waals surface area contributed by atoms with E-state index in [0.717, 1.165) is 21.9 Å². The zero-order chi connectivity index (χ0) is 8.39. The van der Waals surface area contributed by atoms with Crippen LogP contribution in [-0.2, 0) is 0 Å². The van der Waals surface area contributed by atoms with E-state index in [9.17, 15) is 0 Å². The van der Waals surface area contributed by atoms with Gasteiger partial charge in [-0.1, -0.05) is 23.5 Å². The number of hydrogen-bond donors (Lipinski definition) is 1. The smallest absolute Gasteiger partial charge is 0.206 e. The molecule has 0 unspecified atom stereocenters. The summed E-state index contributed by atoms with van der Waals surface area (Å²) in [5.74, 6) is 0. The molecule has 2 rings (SSSR count). The van der Waals surface area contributed by atoms with Gasteiger partial charge in [-0.15, -0.1) is 10.2 Å². The van der Waals surface area contributed by atoms with Crippen molar-refractivity contribution < 1.29 is 0 Å². The van der Waals surface area contributed by atoms with Crippen molar-refractivity contribution >= 4 is 32.4 Å². The van der Waals surface area contributed by atoms with Crippen LogP contribution in [0.25, 0.3) is 0 Å². The Balaban J connectivity index is 1.95. The predicted molar refractivity (Wildman–Crippen MR) is 53.4 cm³/mol. The van der Waals surface area contributed by atoms with Crippen LogP contribution in [0.15, 0.2) is 16.1 Å². The maximum atomic E-state index is 3.96. The van der Waals surface area contributed by atoms with E-state index >= 15 is 0 Å². The summed E-state index contributed by atoms with van der Waals surface area (Å²) < 4.78 is 0.830. The maximum Gasteiger partial charge on any atom is 0.206 e. The minimum atomic E-state index is 0.518. The molecule has 0 spiro atoms. The molecule has 0 saturated carbocycles. The molecule has 0 atom stereocenters. The molecule has 0 bridgehead atoms. The third-order valence-electron chi connectivity index (χ3n) is 1.74. The second-order valence-electron chi connectivity index (χ2n) is 2.64. The van der Waals surface area contributed by atoms with Crippen LogP contribution in [-0.4, -0.2) is 16.2 Å². The highest BCUT2D eigenvalue weighted by Gasteiger charge is 2.11. The molecule has 3 nitrogen and oxygen atoms in total. The molecular formula is C7H8BrN3S. The van der Waals surface area contributed by atoms with Gasteiger partial charge >= 0.3 is 0 Å². The van der Waals surface area contributed by atoms with Gasteiger partial charge in [0.1, 0.15) is 0 Å². The van der Waals surface area contributed by atoms with Crippen molar-refractivity contribution in [2.75, 3.05) is 5.32 Å². The van der Waals surface area contributed by atoms with E-state index in [2.05, 4.69) is 43.6 Å². The van der Waals surface area contributed by atoms with E-state index in [-0.39, 0.29) is 0 Å². The number of rotatable bonds is 2. The first-order valence-electron chi connectivity index (χ1n) is 3.75. The average Bonchev–Trinajstić information content (AvgIpc) is 2.63. The molecular weight excluding hydrogens is 238 g/mol. The third-order valence-corrected chi connectivity index (χ3v) is 3.02. The molecule has 1 aliphatic rings. The van der Waals surface area contributed by atoms with Crippen LogP contribution in [0.3, 0.4) is 0 Å². The van der Waals surface area contributed by atoms with Crippen LogP contribution in [0.4, 0.5) is 5.13 Å². The second kappa shape index (κ2) is 3.53. The second-order valence-corrected chi connectivity index (χ2v) is 4.90. The summed E-state index contributed by atoms with van der Waals surface area (Å²) >= 11 is 4.80. The molecule has 1 N–H and O–H groups in total. The lowest BCUT2D eigenvalue weighted by atomic mass is 10.2. The number of nitrogens with zero attached hydrogens (tertiary/aromatic N) is 2. The van der Waals surface area contributed by atoms with E-state index < -0.39 is 0 Å². The third kappa shape index (κ3) is 1.84. The molecule has 0 saturated heterocycles. The van der Waals surface area contributed by atoms with Crippen molar-refractivity contribution in [3.05, 3.63) is 16.1 Å². The van der Waals surface area contributed by atoms with Crippen LogP contribution in [0.5, 0.6) is 0 Å². The monoisotopic (exact) mass is 245 g/mol. The van der Waals surface area contributed by atoms with Gasteiger partial charge in [0.25, 0.3) is 0 Å².